The Bertz CT molecular complexity index is 1630. The molecular formula is C29H28N2O5S2. The number of hydrogen-bond donors (Lipinski definition) is 1. The van der Waals surface area contributed by atoms with Gasteiger partial charge in [-0.15, -0.1) is 0 Å². The smallest absolute Gasteiger partial charge is 0.262 e. The predicted molar refractivity (Wildman–Crippen MR) is 149 cm³/mol. The zero-order chi connectivity index (χ0) is 27.2. The van der Waals surface area contributed by atoms with Crippen molar-refractivity contribution in [1.29, 1.82) is 0 Å². The number of Topliss-reactive ketones (excluding diaryl/α,β-unsaturated/α-hetero) is 1. The molecule has 3 aromatic carbocycles. The second-order valence-corrected chi connectivity index (χ2v) is 12.9. The summed E-state index contributed by atoms with van der Waals surface area (Å²) >= 11 is 0. The molecule has 0 atom stereocenters. The molecule has 0 radical (unpaired) electrons. The van der Waals surface area contributed by atoms with Gasteiger partial charge in [0.15, 0.2) is 9.84 Å². The highest BCUT2D eigenvalue weighted by Gasteiger charge is 2.20. The quantitative estimate of drug-likeness (QED) is 0.287. The summed E-state index contributed by atoms with van der Waals surface area (Å²) in [4.78, 5) is 16.5. The van der Waals surface area contributed by atoms with E-state index in [2.05, 4.69) is 9.71 Å². The zero-order valence-corrected chi connectivity index (χ0v) is 22.5. The average molecular weight is 549 g/mol. The number of aryl methyl sites for hydroxylation is 1. The van der Waals surface area contributed by atoms with Gasteiger partial charge in [-0.1, -0.05) is 60.7 Å². The maximum Gasteiger partial charge on any atom is 0.262 e. The molecule has 1 heterocycles. The number of anilines is 1. The molecule has 0 aliphatic heterocycles. The lowest BCUT2D eigenvalue weighted by atomic mass is 10.0. The maximum atomic E-state index is 13.3. The molecule has 0 unspecified atom stereocenters. The summed E-state index contributed by atoms with van der Waals surface area (Å²) in [6.07, 6.45) is 5.90. The van der Waals surface area contributed by atoms with Crippen molar-refractivity contribution in [3.8, 4) is 11.1 Å². The monoisotopic (exact) mass is 548 g/mol. The summed E-state index contributed by atoms with van der Waals surface area (Å²) in [5.41, 5.74) is 3.83. The highest BCUT2D eigenvalue weighted by Crippen LogP contribution is 2.30. The molecule has 196 valence electrons. The summed E-state index contributed by atoms with van der Waals surface area (Å²) in [7, 11) is -7.19. The number of sulfonamides is 1. The van der Waals surface area contributed by atoms with Crippen molar-refractivity contribution >= 4 is 31.3 Å². The summed E-state index contributed by atoms with van der Waals surface area (Å²) in [5, 5.41) is 0. The Balaban J connectivity index is 1.46. The molecular weight excluding hydrogens is 520 g/mol. The van der Waals surface area contributed by atoms with Gasteiger partial charge in [0, 0.05) is 42.7 Å². The van der Waals surface area contributed by atoms with Gasteiger partial charge in [0.05, 0.1) is 10.6 Å². The molecule has 7 nitrogen and oxygen atoms in total. The van der Waals surface area contributed by atoms with E-state index in [1.807, 2.05) is 12.1 Å². The van der Waals surface area contributed by atoms with E-state index in [0.29, 0.717) is 35.2 Å². The number of nitrogens with zero attached hydrogens (tertiary/aromatic N) is 1. The number of ketones is 1. The molecule has 0 spiro atoms. The maximum absolute atomic E-state index is 13.3. The van der Waals surface area contributed by atoms with E-state index in [1.165, 1.54) is 6.07 Å². The Kier molecular flexibility index (Phi) is 8.38. The van der Waals surface area contributed by atoms with E-state index in [0.717, 1.165) is 17.4 Å². The topological polar surface area (TPSA) is 110 Å². The van der Waals surface area contributed by atoms with Crippen LogP contribution in [0.15, 0.2) is 102 Å². The van der Waals surface area contributed by atoms with Crippen molar-refractivity contribution in [3.05, 3.63) is 114 Å². The van der Waals surface area contributed by atoms with Crippen LogP contribution in [0.4, 0.5) is 5.69 Å². The van der Waals surface area contributed by atoms with Crippen LogP contribution in [-0.4, -0.2) is 33.9 Å². The van der Waals surface area contributed by atoms with Crippen LogP contribution < -0.4 is 4.72 Å². The second kappa shape index (κ2) is 11.7. The van der Waals surface area contributed by atoms with E-state index in [1.54, 1.807) is 79.1 Å². The first-order chi connectivity index (χ1) is 18.1. The van der Waals surface area contributed by atoms with Crippen LogP contribution in [0.25, 0.3) is 11.1 Å². The number of pyridine rings is 1. The van der Waals surface area contributed by atoms with Gasteiger partial charge >= 0.3 is 0 Å². The van der Waals surface area contributed by atoms with Crippen molar-refractivity contribution in [2.45, 2.75) is 29.9 Å². The largest absolute Gasteiger partial charge is 0.299 e. The highest BCUT2D eigenvalue weighted by molar-refractivity contribution is 7.92. The fraction of sp³-hybridized carbons (Fsp3) is 0.172. The third-order valence-electron chi connectivity index (χ3n) is 5.87. The first-order valence-electron chi connectivity index (χ1n) is 12.0. The Hall–Kier alpha value is -3.82. The number of nitrogens with one attached hydrogen (secondary N) is 1. The predicted octanol–water partition coefficient (Wildman–Crippen LogP) is 4.84. The second-order valence-electron chi connectivity index (χ2n) is 9.15. The van der Waals surface area contributed by atoms with Crippen LogP contribution in [-0.2, 0) is 43.2 Å². The minimum atomic E-state index is -3.96. The van der Waals surface area contributed by atoms with Crippen molar-refractivity contribution < 1.29 is 21.6 Å². The molecule has 0 saturated carbocycles. The third kappa shape index (κ3) is 7.60. The van der Waals surface area contributed by atoms with E-state index in [4.69, 9.17) is 0 Å². The normalized spacial score (nSPS) is 11.7. The fourth-order valence-electron chi connectivity index (χ4n) is 4.12. The minimum absolute atomic E-state index is 0.0751. The summed E-state index contributed by atoms with van der Waals surface area (Å²) < 4.78 is 52.7. The van der Waals surface area contributed by atoms with Crippen LogP contribution >= 0.6 is 0 Å². The van der Waals surface area contributed by atoms with Crippen LogP contribution in [0.3, 0.4) is 0 Å². The van der Waals surface area contributed by atoms with Gasteiger partial charge < -0.3 is 0 Å². The van der Waals surface area contributed by atoms with E-state index in [9.17, 15) is 21.6 Å². The number of hydrogen-bond acceptors (Lipinski definition) is 6. The minimum Gasteiger partial charge on any atom is -0.299 e. The SMILES string of the molecule is CS(=O)(=O)Cc1cccc(-c2ccccc2S(=O)(=O)Nc2ccc(CC(=O)CCc3cccnc3)cc2)c1. The van der Waals surface area contributed by atoms with Gasteiger partial charge in [0.2, 0.25) is 0 Å². The standard InChI is InChI=1S/C29H28N2O5S2/c1-37(33,34)21-24-6-4-8-25(18-24)28-9-2-3-10-29(28)38(35,36)31-26-14-11-22(12-15-26)19-27(32)16-13-23-7-5-17-30-20-23/h2-12,14-15,17-18,20,31H,13,16,19,21H2,1H3. The number of benzene rings is 3. The number of aromatic nitrogens is 1. The number of carbonyl (C=O) groups is 1. The number of rotatable bonds is 11. The van der Waals surface area contributed by atoms with Gasteiger partial charge in [-0.05, 0) is 52.9 Å². The first kappa shape index (κ1) is 27.2. The molecule has 1 N–H and O–H groups in total. The number of carbonyl (C=O) groups excluding carboxylic acids is 1. The van der Waals surface area contributed by atoms with Crippen molar-refractivity contribution in [1.82, 2.24) is 4.98 Å². The van der Waals surface area contributed by atoms with Gasteiger partial charge in [-0.25, -0.2) is 16.8 Å². The van der Waals surface area contributed by atoms with E-state index in [-0.39, 0.29) is 22.9 Å². The highest BCUT2D eigenvalue weighted by atomic mass is 32.2. The van der Waals surface area contributed by atoms with Crippen molar-refractivity contribution in [2.24, 2.45) is 0 Å². The molecule has 4 rings (SSSR count). The van der Waals surface area contributed by atoms with E-state index >= 15 is 0 Å². The molecule has 38 heavy (non-hydrogen) atoms. The average Bonchev–Trinajstić information content (AvgIpc) is 2.88. The van der Waals surface area contributed by atoms with Crippen LogP contribution in [0, 0.1) is 0 Å². The summed E-state index contributed by atoms with van der Waals surface area (Å²) in [5.74, 6) is -0.0408. The van der Waals surface area contributed by atoms with Crippen molar-refractivity contribution in [2.75, 3.05) is 11.0 Å². The van der Waals surface area contributed by atoms with E-state index < -0.39 is 19.9 Å². The molecule has 0 fully saturated rings. The number of sulfone groups is 1. The summed E-state index contributed by atoms with van der Waals surface area (Å²) in [6, 6.07) is 23.9. The lowest BCUT2D eigenvalue weighted by Crippen LogP contribution is -2.14. The lowest BCUT2D eigenvalue weighted by molar-refractivity contribution is -0.118. The van der Waals surface area contributed by atoms with Gasteiger partial charge in [-0.2, -0.15) is 0 Å². The Labute approximate surface area is 223 Å². The van der Waals surface area contributed by atoms with Gasteiger partial charge in [0.1, 0.15) is 5.78 Å². The Morgan fingerprint density at radius 2 is 1.55 bits per heavy atom. The third-order valence-corrected chi connectivity index (χ3v) is 8.16. The Morgan fingerprint density at radius 3 is 2.26 bits per heavy atom. The first-order valence-corrected chi connectivity index (χ1v) is 15.5. The lowest BCUT2D eigenvalue weighted by Gasteiger charge is -2.14. The van der Waals surface area contributed by atoms with Gasteiger partial charge in [0.25, 0.3) is 10.0 Å². The van der Waals surface area contributed by atoms with Crippen LogP contribution in [0.5, 0.6) is 0 Å². The Morgan fingerprint density at radius 1 is 0.816 bits per heavy atom. The molecule has 0 saturated heterocycles. The molecule has 0 amide bonds. The van der Waals surface area contributed by atoms with Crippen LogP contribution in [0.1, 0.15) is 23.1 Å². The molecule has 9 heteroatoms. The van der Waals surface area contributed by atoms with Gasteiger partial charge in [-0.3, -0.25) is 14.5 Å². The molecule has 4 aromatic rings. The fourth-order valence-corrected chi connectivity index (χ4v) is 6.19. The molecule has 0 bridgehead atoms. The molecule has 0 aliphatic carbocycles. The van der Waals surface area contributed by atoms with Crippen LogP contribution in [0.2, 0.25) is 0 Å². The zero-order valence-electron chi connectivity index (χ0n) is 20.9. The molecule has 1 aromatic heterocycles. The molecule has 0 aliphatic rings. The summed E-state index contributed by atoms with van der Waals surface area (Å²) in [6.45, 7) is 0. The van der Waals surface area contributed by atoms with Crippen molar-refractivity contribution in [3.63, 3.8) is 0 Å².